The standard InChI is InChI=1S/C15H25NOS/c1-3-4-8-11-18-13-15(12-17,16-2)14-9-6-5-7-10-14/h5-7,9-10,16-17H,3-4,8,11-13H2,1-2H3. The van der Waals surface area contributed by atoms with E-state index in [4.69, 9.17) is 0 Å². The van der Waals surface area contributed by atoms with Crippen molar-refractivity contribution in [1.82, 2.24) is 5.32 Å². The largest absolute Gasteiger partial charge is 0.394 e. The quantitative estimate of drug-likeness (QED) is 0.675. The van der Waals surface area contributed by atoms with E-state index >= 15 is 0 Å². The number of benzene rings is 1. The number of rotatable bonds is 9. The van der Waals surface area contributed by atoms with E-state index in [9.17, 15) is 5.11 Å². The molecule has 1 unspecified atom stereocenters. The molecule has 102 valence electrons. The van der Waals surface area contributed by atoms with Gasteiger partial charge in [-0.3, -0.25) is 0 Å². The molecule has 18 heavy (non-hydrogen) atoms. The Morgan fingerprint density at radius 1 is 1.22 bits per heavy atom. The van der Waals surface area contributed by atoms with Gasteiger partial charge in [0, 0.05) is 5.75 Å². The molecule has 3 heteroatoms. The molecule has 1 rings (SSSR count). The van der Waals surface area contributed by atoms with Crippen LogP contribution < -0.4 is 5.32 Å². The average Bonchev–Trinajstić information content (AvgIpc) is 2.44. The first-order valence-corrected chi connectivity index (χ1v) is 7.87. The van der Waals surface area contributed by atoms with Crippen LogP contribution in [0, 0.1) is 0 Å². The van der Waals surface area contributed by atoms with Gasteiger partial charge in [0.1, 0.15) is 0 Å². The summed E-state index contributed by atoms with van der Waals surface area (Å²) >= 11 is 1.92. The molecule has 1 aromatic carbocycles. The van der Waals surface area contributed by atoms with Gasteiger partial charge in [0.2, 0.25) is 0 Å². The van der Waals surface area contributed by atoms with E-state index in [1.807, 2.05) is 37.0 Å². The van der Waals surface area contributed by atoms with Gasteiger partial charge < -0.3 is 10.4 Å². The first-order valence-electron chi connectivity index (χ1n) is 6.72. The SMILES string of the molecule is CCCCCSCC(CO)(NC)c1ccccc1. The lowest BCUT2D eigenvalue weighted by atomic mass is 9.93. The Morgan fingerprint density at radius 2 is 1.94 bits per heavy atom. The van der Waals surface area contributed by atoms with Gasteiger partial charge in [0.25, 0.3) is 0 Å². The van der Waals surface area contributed by atoms with E-state index in [0.29, 0.717) is 0 Å². The zero-order chi connectivity index (χ0) is 13.3. The van der Waals surface area contributed by atoms with Gasteiger partial charge in [-0.15, -0.1) is 0 Å². The highest BCUT2D eigenvalue weighted by Crippen LogP contribution is 2.25. The van der Waals surface area contributed by atoms with Gasteiger partial charge in [-0.2, -0.15) is 11.8 Å². The maximum Gasteiger partial charge on any atom is 0.0758 e. The summed E-state index contributed by atoms with van der Waals surface area (Å²) in [7, 11) is 1.93. The Balaban J connectivity index is 2.58. The van der Waals surface area contributed by atoms with Crippen LogP contribution in [-0.4, -0.2) is 30.3 Å². The second kappa shape index (κ2) is 8.57. The molecule has 0 saturated carbocycles. The molecular formula is C15H25NOS. The fourth-order valence-corrected chi connectivity index (χ4v) is 3.28. The van der Waals surface area contributed by atoms with E-state index in [0.717, 1.165) is 11.3 Å². The Hall–Kier alpha value is -0.510. The van der Waals surface area contributed by atoms with E-state index in [-0.39, 0.29) is 12.1 Å². The van der Waals surface area contributed by atoms with Crippen molar-refractivity contribution in [3.63, 3.8) is 0 Å². The van der Waals surface area contributed by atoms with Crippen molar-refractivity contribution in [2.75, 3.05) is 25.2 Å². The van der Waals surface area contributed by atoms with Crippen LogP contribution in [0.25, 0.3) is 0 Å². The van der Waals surface area contributed by atoms with Crippen molar-refractivity contribution in [2.24, 2.45) is 0 Å². The highest BCUT2D eigenvalue weighted by atomic mass is 32.2. The fraction of sp³-hybridized carbons (Fsp3) is 0.600. The Bertz CT molecular complexity index is 312. The minimum atomic E-state index is -0.307. The van der Waals surface area contributed by atoms with Crippen molar-refractivity contribution in [2.45, 2.75) is 31.7 Å². The molecule has 0 saturated heterocycles. The van der Waals surface area contributed by atoms with E-state index in [1.165, 1.54) is 25.0 Å². The molecule has 0 aliphatic rings. The van der Waals surface area contributed by atoms with Gasteiger partial charge in [-0.25, -0.2) is 0 Å². The summed E-state index contributed by atoms with van der Waals surface area (Å²) in [4.78, 5) is 0. The zero-order valence-electron chi connectivity index (χ0n) is 11.5. The maximum absolute atomic E-state index is 9.76. The highest BCUT2D eigenvalue weighted by molar-refractivity contribution is 7.99. The third kappa shape index (κ3) is 4.30. The first-order chi connectivity index (χ1) is 8.79. The fourth-order valence-electron chi connectivity index (χ4n) is 1.97. The van der Waals surface area contributed by atoms with Crippen LogP contribution in [0.3, 0.4) is 0 Å². The second-order valence-corrected chi connectivity index (χ2v) is 5.72. The Kier molecular flexibility index (Phi) is 7.40. The number of unbranched alkanes of at least 4 members (excludes halogenated alkanes) is 2. The molecule has 0 fully saturated rings. The first kappa shape index (κ1) is 15.5. The minimum Gasteiger partial charge on any atom is -0.394 e. The normalized spacial score (nSPS) is 14.4. The number of aliphatic hydroxyl groups excluding tert-OH is 1. The molecule has 0 aliphatic heterocycles. The van der Waals surface area contributed by atoms with Crippen molar-refractivity contribution in [3.8, 4) is 0 Å². The van der Waals surface area contributed by atoms with E-state index < -0.39 is 0 Å². The Labute approximate surface area is 115 Å². The summed E-state index contributed by atoms with van der Waals surface area (Å²) < 4.78 is 0. The molecule has 0 radical (unpaired) electrons. The molecule has 0 heterocycles. The third-order valence-electron chi connectivity index (χ3n) is 3.32. The predicted octanol–water partition coefficient (Wildman–Crippen LogP) is 3.02. The van der Waals surface area contributed by atoms with Gasteiger partial charge in [0.05, 0.1) is 12.1 Å². The number of nitrogens with one attached hydrogen (secondary N) is 1. The summed E-state index contributed by atoms with van der Waals surface area (Å²) in [5.41, 5.74) is 0.857. The smallest absolute Gasteiger partial charge is 0.0758 e. The van der Waals surface area contributed by atoms with Crippen molar-refractivity contribution in [3.05, 3.63) is 35.9 Å². The molecule has 0 aliphatic carbocycles. The lowest BCUT2D eigenvalue weighted by Crippen LogP contribution is -2.46. The molecule has 0 amide bonds. The van der Waals surface area contributed by atoms with Crippen molar-refractivity contribution in [1.29, 1.82) is 0 Å². The summed E-state index contributed by atoms with van der Waals surface area (Å²) in [6, 6.07) is 10.2. The van der Waals surface area contributed by atoms with Crippen LogP contribution in [0.15, 0.2) is 30.3 Å². The van der Waals surface area contributed by atoms with Crippen molar-refractivity contribution < 1.29 is 5.11 Å². The minimum absolute atomic E-state index is 0.133. The maximum atomic E-state index is 9.76. The molecule has 2 nitrogen and oxygen atoms in total. The summed E-state index contributed by atoms with van der Waals surface area (Å²) in [6.45, 7) is 2.36. The number of hydrogen-bond acceptors (Lipinski definition) is 3. The number of likely N-dealkylation sites (N-methyl/N-ethyl adjacent to an activating group) is 1. The third-order valence-corrected chi connectivity index (χ3v) is 4.59. The molecule has 2 N–H and O–H groups in total. The van der Waals surface area contributed by atoms with Gasteiger partial charge in [-0.1, -0.05) is 50.1 Å². The van der Waals surface area contributed by atoms with Crippen LogP contribution in [0.5, 0.6) is 0 Å². The summed E-state index contributed by atoms with van der Waals surface area (Å²) in [6.07, 6.45) is 3.82. The monoisotopic (exact) mass is 267 g/mol. The number of thioether (sulfide) groups is 1. The zero-order valence-corrected chi connectivity index (χ0v) is 12.3. The molecule has 1 aromatic rings. The van der Waals surface area contributed by atoms with Crippen LogP contribution >= 0.6 is 11.8 Å². The highest BCUT2D eigenvalue weighted by Gasteiger charge is 2.29. The second-order valence-electron chi connectivity index (χ2n) is 4.62. The lowest BCUT2D eigenvalue weighted by molar-refractivity contribution is 0.187. The van der Waals surface area contributed by atoms with Crippen LogP contribution in [0.2, 0.25) is 0 Å². The van der Waals surface area contributed by atoms with E-state index in [2.05, 4.69) is 24.4 Å². The molecule has 0 aromatic heterocycles. The van der Waals surface area contributed by atoms with Crippen molar-refractivity contribution >= 4 is 11.8 Å². The van der Waals surface area contributed by atoms with E-state index in [1.54, 1.807) is 0 Å². The number of aliphatic hydroxyl groups is 1. The molecule has 0 bridgehead atoms. The van der Waals surface area contributed by atoms with Crippen LogP contribution in [-0.2, 0) is 5.54 Å². The summed E-state index contributed by atoms with van der Waals surface area (Å²) in [5, 5.41) is 13.1. The van der Waals surface area contributed by atoms with Crippen LogP contribution in [0.1, 0.15) is 31.7 Å². The average molecular weight is 267 g/mol. The number of hydrogen-bond donors (Lipinski definition) is 2. The van der Waals surface area contributed by atoms with Gasteiger partial charge in [-0.05, 0) is 24.8 Å². The molecule has 0 spiro atoms. The Morgan fingerprint density at radius 3 is 2.50 bits per heavy atom. The van der Waals surface area contributed by atoms with Crippen LogP contribution in [0.4, 0.5) is 0 Å². The lowest BCUT2D eigenvalue weighted by Gasteiger charge is -2.32. The van der Waals surface area contributed by atoms with Gasteiger partial charge in [0.15, 0.2) is 0 Å². The summed E-state index contributed by atoms with van der Waals surface area (Å²) in [5.74, 6) is 2.08. The van der Waals surface area contributed by atoms with Gasteiger partial charge >= 0.3 is 0 Å². The molecular weight excluding hydrogens is 242 g/mol. The topological polar surface area (TPSA) is 32.3 Å². The predicted molar refractivity (Wildman–Crippen MR) is 81.1 cm³/mol. The molecule has 1 atom stereocenters.